The highest BCUT2D eigenvalue weighted by Gasteiger charge is 2.63. The van der Waals surface area contributed by atoms with Crippen LogP contribution >= 0.6 is 0 Å². The van der Waals surface area contributed by atoms with Gasteiger partial charge in [0.15, 0.2) is 11.5 Å². The molecule has 2 amide bonds. The summed E-state index contributed by atoms with van der Waals surface area (Å²) in [7, 11) is 1.60. The van der Waals surface area contributed by atoms with Crippen LogP contribution in [0.25, 0.3) is 0 Å². The van der Waals surface area contributed by atoms with E-state index < -0.39 is 28.7 Å². The van der Waals surface area contributed by atoms with Crippen molar-refractivity contribution >= 4 is 17.4 Å². The van der Waals surface area contributed by atoms with Gasteiger partial charge in [-0.05, 0) is 96.7 Å². The first-order valence-electron chi connectivity index (χ1n) is 19.1. The van der Waals surface area contributed by atoms with Gasteiger partial charge in [0.2, 0.25) is 12.6 Å². The number of phenols is 1. The number of non-ortho nitro benzene ring substituents is 1. The highest BCUT2D eigenvalue weighted by molar-refractivity contribution is 6.03. The van der Waals surface area contributed by atoms with E-state index in [0.29, 0.717) is 53.4 Å². The summed E-state index contributed by atoms with van der Waals surface area (Å²) >= 11 is 0. The quantitative estimate of drug-likeness (QED) is 0.0742. The maximum Gasteiger partial charge on any atom is 0.317 e. The Morgan fingerprint density at radius 1 is 0.982 bits per heavy atom. The van der Waals surface area contributed by atoms with Gasteiger partial charge in [-0.2, -0.15) is 0 Å². The van der Waals surface area contributed by atoms with E-state index in [0.717, 1.165) is 30.4 Å². The van der Waals surface area contributed by atoms with Gasteiger partial charge in [-0.1, -0.05) is 30.1 Å². The number of aromatic hydroxyl groups is 1. The molecule has 1 fully saturated rings. The highest BCUT2D eigenvalue weighted by atomic mass is 16.7. The van der Waals surface area contributed by atoms with Gasteiger partial charge in [-0.25, -0.2) is 4.79 Å². The summed E-state index contributed by atoms with van der Waals surface area (Å²) in [6, 6.07) is 14.8. The second-order valence-corrected chi connectivity index (χ2v) is 14.9. The molecule has 15 heteroatoms. The Balaban J connectivity index is 1.27. The molecule has 56 heavy (non-hydrogen) atoms. The van der Waals surface area contributed by atoms with Crippen LogP contribution < -0.4 is 19.5 Å². The number of nitro groups is 1. The van der Waals surface area contributed by atoms with Crippen LogP contribution in [0.5, 0.6) is 23.0 Å². The standard InChI is InChI=1S/C41H48N4O11/c1-44(40(49)42-22-26-10-14-35-36(18-26)54-24-53-35)37-21-33(43-55-23-25-8-11-28(12-9-25)45(51)52)31-19-27(6-2-4-16-46)30(7-3-5-17-47)38-32-20-29(48)13-15-34(32)56-41(37,50)39(31)38/h8-15,18-20,27,30,37-39,46-48,50H,2-7,16-17,21-24H2,1H3,(H,42,49). The summed E-state index contributed by atoms with van der Waals surface area (Å²) in [5.41, 5.74) is 3.37. The van der Waals surface area contributed by atoms with Gasteiger partial charge in [0.1, 0.15) is 24.1 Å². The van der Waals surface area contributed by atoms with Crippen molar-refractivity contribution in [2.45, 2.75) is 75.8 Å². The minimum Gasteiger partial charge on any atom is -0.508 e. The van der Waals surface area contributed by atoms with E-state index in [9.17, 15) is 35.3 Å². The fourth-order valence-electron chi connectivity index (χ4n) is 8.75. The zero-order valence-electron chi connectivity index (χ0n) is 31.2. The number of amides is 2. The third-order valence-corrected chi connectivity index (χ3v) is 11.5. The van der Waals surface area contributed by atoms with Crippen LogP contribution in [-0.2, 0) is 18.0 Å². The van der Waals surface area contributed by atoms with Crippen LogP contribution in [0.1, 0.15) is 67.6 Å². The van der Waals surface area contributed by atoms with Gasteiger partial charge in [0.05, 0.1) is 16.6 Å². The van der Waals surface area contributed by atoms with E-state index in [1.807, 2.05) is 6.07 Å². The van der Waals surface area contributed by atoms with E-state index in [2.05, 4.69) is 16.5 Å². The Bertz CT molecular complexity index is 1970. The number of aliphatic hydroxyl groups excluding tert-OH is 2. The number of nitrogens with zero attached hydrogens (tertiary/aromatic N) is 3. The van der Waals surface area contributed by atoms with E-state index in [4.69, 9.17) is 19.0 Å². The summed E-state index contributed by atoms with van der Waals surface area (Å²) in [6.45, 7) is 0.414. The second kappa shape index (κ2) is 16.8. The van der Waals surface area contributed by atoms with Crippen molar-refractivity contribution in [1.82, 2.24) is 10.2 Å². The van der Waals surface area contributed by atoms with Crippen LogP contribution in [-0.4, -0.2) is 80.9 Å². The molecule has 3 aromatic carbocycles. The number of hydrogen-bond donors (Lipinski definition) is 5. The molecule has 5 N–H and O–H groups in total. The zero-order chi connectivity index (χ0) is 39.4. The molecule has 7 rings (SSSR count). The number of phenolic OH excluding ortho intramolecular Hbond substituents is 1. The van der Waals surface area contributed by atoms with Gasteiger partial charge >= 0.3 is 6.03 Å². The Labute approximate surface area is 324 Å². The topological polar surface area (TPSA) is 206 Å². The van der Waals surface area contributed by atoms with E-state index in [-0.39, 0.29) is 68.8 Å². The molecule has 0 aromatic heterocycles. The number of unbranched alkanes of at least 4 members (excludes halogenated alkanes) is 2. The van der Waals surface area contributed by atoms with Gasteiger partial charge in [0, 0.05) is 56.8 Å². The van der Waals surface area contributed by atoms with Gasteiger partial charge in [-0.15, -0.1) is 0 Å². The molecule has 3 aromatic rings. The summed E-state index contributed by atoms with van der Waals surface area (Å²) < 4.78 is 17.5. The van der Waals surface area contributed by atoms with E-state index in [1.54, 1.807) is 43.4 Å². The summed E-state index contributed by atoms with van der Waals surface area (Å²) in [6.07, 6.45) is 6.34. The maximum atomic E-state index is 14.0. The number of allylic oxidation sites excluding steroid dienone is 1. The molecule has 6 atom stereocenters. The first-order valence-corrected chi connectivity index (χ1v) is 19.1. The number of likely N-dealkylation sites (N-methyl/N-ethyl adjacent to an activating group) is 1. The Kier molecular flexibility index (Phi) is 11.6. The van der Waals surface area contributed by atoms with Gasteiger partial charge < -0.3 is 49.7 Å². The first-order chi connectivity index (χ1) is 27.1. The van der Waals surface area contributed by atoms with Gasteiger partial charge in [-0.3, -0.25) is 10.1 Å². The SMILES string of the molecule is CN(C(=O)NCc1ccc2c(c1)OCO2)C1CC(=NOCc2ccc([N+](=O)[O-])cc2)C2=CC(CCCCO)C(CCCCO)C3c4cc(O)ccc4OC1(O)C23. The Morgan fingerprint density at radius 3 is 2.45 bits per heavy atom. The number of nitro benzene ring substituents is 1. The number of oxime groups is 1. The Morgan fingerprint density at radius 2 is 1.70 bits per heavy atom. The molecule has 6 unspecified atom stereocenters. The molecule has 0 spiro atoms. The third kappa shape index (κ3) is 7.84. The number of benzene rings is 3. The maximum absolute atomic E-state index is 14.0. The normalized spacial score (nSPS) is 25.0. The number of aliphatic hydroxyl groups is 3. The fraction of sp³-hybridized carbons (Fsp3) is 0.463. The lowest BCUT2D eigenvalue weighted by Crippen LogP contribution is -2.69. The van der Waals surface area contributed by atoms with Crippen molar-refractivity contribution in [3.63, 3.8) is 0 Å². The van der Waals surface area contributed by atoms with Crippen molar-refractivity contribution in [1.29, 1.82) is 0 Å². The minimum atomic E-state index is -1.94. The summed E-state index contributed by atoms with van der Waals surface area (Å²) in [5, 5.41) is 62.0. The summed E-state index contributed by atoms with van der Waals surface area (Å²) in [5.74, 6) is -1.47. The summed E-state index contributed by atoms with van der Waals surface area (Å²) in [4.78, 5) is 32.1. The molecule has 2 aliphatic carbocycles. The molecule has 1 saturated carbocycles. The average Bonchev–Trinajstić information content (AvgIpc) is 3.67. The number of carbonyl (C=O) groups is 1. The lowest BCUT2D eigenvalue weighted by molar-refractivity contribution is -0.384. The predicted octanol–water partition coefficient (Wildman–Crippen LogP) is 5.49. The smallest absolute Gasteiger partial charge is 0.317 e. The highest BCUT2D eigenvalue weighted by Crippen LogP contribution is 2.60. The number of rotatable bonds is 15. The van der Waals surface area contributed by atoms with Crippen molar-refractivity contribution in [3.05, 3.63) is 99.1 Å². The minimum absolute atomic E-state index is 0.0145. The number of urea groups is 1. The molecule has 2 aliphatic heterocycles. The van der Waals surface area contributed by atoms with Crippen LogP contribution in [0.4, 0.5) is 10.5 Å². The van der Waals surface area contributed by atoms with Crippen molar-refractivity contribution < 1.29 is 49.2 Å². The zero-order valence-corrected chi connectivity index (χ0v) is 31.2. The van der Waals surface area contributed by atoms with Crippen molar-refractivity contribution in [2.24, 2.45) is 22.9 Å². The molecule has 298 valence electrons. The first kappa shape index (κ1) is 38.9. The second-order valence-electron chi connectivity index (χ2n) is 14.9. The average molecular weight is 773 g/mol. The lowest BCUT2D eigenvalue weighted by atomic mass is 9.55. The van der Waals surface area contributed by atoms with Crippen LogP contribution in [0.3, 0.4) is 0 Å². The van der Waals surface area contributed by atoms with E-state index >= 15 is 0 Å². The third-order valence-electron chi connectivity index (χ3n) is 11.5. The van der Waals surface area contributed by atoms with Crippen LogP contribution in [0.15, 0.2) is 77.5 Å². The van der Waals surface area contributed by atoms with Crippen molar-refractivity contribution in [2.75, 3.05) is 27.1 Å². The monoisotopic (exact) mass is 772 g/mol. The lowest BCUT2D eigenvalue weighted by Gasteiger charge is -2.58. The largest absolute Gasteiger partial charge is 0.508 e. The fourth-order valence-corrected chi connectivity index (χ4v) is 8.75. The number of nitrogens with one attached hydrogen (secondary N) is 1. The molecular formula is C41H48N4O11. The molecule has 15 nitrogen and oxygen atoms in total. The number of hydrogen-bond acceptors (Lipinski definition) is 12. The molecular weight excluding hydrogens is 724 g/mol. The van der Waals surface area contributed by atoms with E-state index in [1.165, 1.54) is 23.1 Å². The molecule has 0 saturated heterocycles. The number of ether oxygens (including phenoxy) is 3. The van der Waals surface area contributed by atoms with Crippen molar-refractivity contribution in [3.8, 4) is 23.0 Å². The predicted molar refractivity (Wildman–Crippen MR) is 203 cm³/mol. The number of carbonyl (C=O) groups excluding carboxylic acids is 1. The van der Waals surface area contributed by atoms with Crippen LogP contribution in [0, 0.1) is 27.9 Å². The van der Waals surface area contributed by atoms with Crippen LogP contribution in [0.2, 0.25) is 0 Å². The molecule has 0 radical (unpaired) electrons. The Hall–Kier alpha value is -5.38. The molecule has 2 heterocycles. The molecule has 0 bridgehead atoms. The van der Waals surface area contributed by atoms with Gasteiger partial charge in [0.25, 0.3) is 5.69 Å². The number of fused-ring (bicyclic) bond motifs is 3. The molecule has 4 aliphatic rings.